The molecule has 0 aliphatic heterocycles. The molecule has 0 aromatic heterocycles. The standard InChI is InChI=1S/C28H30ClF4NO4S/c1-19(20-8-4-3-5-9-20)16-34(17-21-10-6-11-24(27(21)29)28(31,32)33)12-7-13-38-22-14-25(30)23(18-35)26(15-22)39(2,36)37/h3-6,8-11,14-15,19,35H,7,12-13,16-18H2,1-2H3/t19-/m1/s1. The third-order valence-corrected chi connectivity index (χ3v) is 7.86. The van der Waals surface area contributed by atoms with Crippen molar-refractivity contribution in [1.29, 1.82) is 0 Å². The SMILES string of the molecule is C[C@H](CN(CCCOc1cc(F)c(CO)c(S(C)(=O)=O)c1)Cc1cccc(C(F)(F)F)c1Cl)c1ccccc1. The van der Waals surface area contributed by atoms with E-state index in [0.717, 1.165) is 24.0 Å². The first kappa shape index (κ1) is 30.9. The lowest BCUT2D eigenvalue weighted by atomic mass is 10.00. The van der Waals surface area contributed by atoms with Crippen LogP contribution in [0.3, 0.4) is 0 Å². The van der Waals surface area contributed by atoms with Gasteiger partial charge in [0.15, 0.2) is 9.84 Å². The van der Waals surface area contributed by atoms with Gasteiger partial charge in [0.25, 0.3) is 0 Å². The number of halogens is 5. The molecule has 5 nitrogen and oxygen atoms in total. The molecule has 0 radical (unpaired) electrons. The lowest BCUT2D eigenvalue weighted by molar-refractivity contribution is -0.137. The van der Waals surface area contributed by atoms with E-state index in [4.69, 9.17) is 16.3 Å². The van der Waals surface area contributed by atoms with Gasteiger partial charge in [-0.2, -0.15) is 13.2 Å². The summed E-state index contributed by atoms with van der Waals surface area (Å²) in [5.74, 6) is -0.836. The number of sulfone groups is 1. The van der Waals surface area contributed by atoms with E-state index in [0.29, 0.717) is 25.1 Å². The van der Waals surface area contributed by atoms with Gasteiger partial charge in [0, 0.05) is 37.5 Å². The molecule has 0 saturated carbocycles. The van der Waals surface area contributed by atoms with Crippen LogP contribution in [0.2, 0.25) is 5.02 Å². The second-order valence-corrected chi connectivity index (χ2v) is 11.7. The highest BCUT2D eigenvalue weighted by molar-refractivity contribution is 7.90. The third-order valence-electron chi connectivity index (χ3n) is 6.25. The first-order valence-electron chi connectivity index (χ1n) is 12.2. The molecular formula is C28H30ClF4NO4S. The molecule has 11 heteroatoms. The zero-order valence-electron chi connectivity index (χ0n) is 21.5. The summed E-state index contributed by atoms with van der Waals surface area (Å²) in [6.45, 7) is 2.44. The second-order valence-electron chi connectivity index (χ2n) is 9.34. The second kappa shape index (κ2) is 13.1. The minimum atomic E-state index is -4.57. The summed E-state index contributed by atoms with van der Waals surface area (Å²) in [7, 11) is -3.81. The molecule has 0 spiro atoms. The predicted octanol–water partition coefficient (Wildman–Crippen LogP) is 6.47. The van der Waals surface area contributed by atoms with E-state index in [9.17, 15) is 31.1 Å². The molecular weight excluding hydrogens is 558 g/mol. The fourth-order valence-electron chi connectivity index (χ4n) is 4.30. The van der Waals surface area contributed by atoms with E-state index in [2.05, 4.69) is 0 Å². The zero-order chi connectivity index (χ0) is 28.8. The fraction of sp³-hybridized carbons (Fsp3) is 0.357. The summed E-state index contributed by atoms with van der Waals surface area (Å²) in [5.41, 5.74) is 0.189. The minimum Gasteiger partial charge on any atom is -0.493 e. The fourth-order valence-corrected chi connectivity index (χ4v) is 5.54. The smallest absolute Gasteiger partial charge is 0.417 e. The largest absolute Gasteiger partial charge is 0.493 e. The molecule has 0 aliphatic rings. The number of aliphatic hydroxyl groups excluding tert-OH is 1. The molecule has 0 unspecified atom stereocenters. The highest BCUT2D eigenvalue weighted by Crippen LogP contribution is 2.36. The first-order chi connectivity index (χ1) is 18.3. The van der Waals surface area contributed by atoms with Gasteiger partial charge in [-0.3, -0.25) is 4.90 Å². The Labute approximate surface area is 230 Å². The highest BCUT2D eigenvalue weighted by atomic mass is 35.5. The third kappa shape index (κ3) is 8.41. The Morgan fingerprint density at radius 2 is 1.77 bits per heavy atom. The average Bonchev–Trinajstić information content (AvgIpc) is 2.86. The maximum atomic E-state index is 14.4. The summed E-state index contributed by atoms with van der Waals surface area (Å²) in [4.78, 5) is 1.62. The highest BCUT2D eigenvalue weighted by Gasteiger charge is 2.34. The maximum absolute atomic E-state index is 14.4. The Morgan fingerprint density at radius 1 is 1.08 bits per heavy atom. The van der Waals surface area contributed by atoms with Crippen molar-refractivity contribution in [3.05, 3.63) is 93.8 Å². The minimum absolute atomic E-state index is 0.00440. The van der Waals surface area contributed by atoms with Crippen LogP contribution in [0.4, 0.5) is 17.6 Å². The van der Waals surface area contributed by atoms with Crippen LogP contribution >= 0.6 is 11.6 Å². The molecule has 0 bridgehead atoms. The van der Waals surface area contributed by atoms with Gasteiger partial charge >= 0.3 is 6.18 Å². The van der Waals surface area contributed by atoms with Crippen LogP contribution in [0, 0.1) is 5.82 Å². The molecule has 212 valence electrons. The molecule has 0 heterocycles. The van der Waals surface area contributed by atoms with Crippen LogP contribution in [0.15, 0.2) is 65.6 Å². The van der Waals surface area contributed by atoms with Gasteiger partial charge in [-0.1, -0.05) is 61.0 Å². The molecule has 0 amide bonds. The molecule has 0 fully saturated rings. The molecule has 39 heavy (non-hydrogen) atoms. The van der Waals surface area contributed by atoms with Crippen molar-refractivity contribution in [3.8, 4) is 5.75 Å². The maximum Gasteiger partial charge on any atom is 0.417 e. The van der Waals surface area contributed by atoms with Gasteiger partial charge < -0.3 is 9.84 Å². The van der Waals surface area contributed by atoms with Gasteiger partial charge in [0.05, 0.1) is 28.7 Å². The summed E-state index contributed by atoms with van der Waals surface area (Å²) in [6, 6.07) is 15.7. The quantitative estimate of drug-likeness (QED) is 0.194. The molecule has 0 aliphatic carbocycles. The molecule has 3 rings (SSSR count). The van der Waals surface area contributed by atoms with Crippen LogP contribution < -0.4 is 4.74 Å². The van der Waals surface area contributed by atoms with Crippen LogP contribution in [0.1, 0.15) is 41.5 Å². The van der Waals surface area contributed by atoms with E-state index in [1.165, 1.54) is 12.1 Å². The summed E-state index contributed by atoms with van der Waals surface area (Å²) < 4.78 is 84.2. The lowest BCUT2D eigenvalue weighted by Crippen LogP contribution is -2.30. The van der Waals surface area contributed by atoms with Crippen molar-refractivity contribution in [3.63, 3.8) is 0 Å². The molecule has 1 atom stereocenters. The Kier molecular flexibility index (Phi) is 10.4. The number of hydrogen-bond donors (Lipinski definition) is 1. The number of hydrogen-bond acceptors (Lipinski definition) is 5. The molecule has 3 aromatic rings. The van der Waals surface area contributed by atoms with E-state index in [1.807, 2.05) is 42.2 Å². The number of ether oxygens (including phenoxy) is 1. The van der Waals surface area contributed by atoms with Crippen molar-refractivity contribution in [2.75, 3.05) is 26.0 Å². The molecule has 3 aromatic carbocycles. The molecule has 1 N–H and O–H groups in total. The van der Waals surface area contributed by atoms with Crippen LogP contribution in [0.25, 0.3) is 0 Å². The Hall–Kier alpha value is -2.66. The Bertz CT molecular complexity index is 1370. The van der Waals surface area contributed by atoms with Crippen LogP contribution in [-0.2, 0) is 29.2 Å². The Morgan fingerprint density at radius 3 is 2.38 bits per heavy atom. The predicted molar refractivity (Wildman–Crippen MR) is 142 cm³/mol. The normalized spacial score (nSPS) is 13.1. The van der Waals surface area contributed by atoms with Gasteiger partial charge in [0.2, 0.25) is 0 Å². The summed E-state index contributed by atoms with van der Waals surface area (Å²) >= 11 is 6.15. The number of rotatable bonds is 12. The van der Waals surface area contributed by atoms with Crippen molar-refractivity contribution in [2.24, 2.45) is 0 Å². The van der Waals surface area contributed by atoms with Crippen LogP contribution in [0.5, 0.6) is 5.75 Å². The van der Waals surface area contributed by atoms with Crippen molar-refractivity contribution < 1.29 is 35.8 Å². The average molecular weight is 588 g/mol. The van der Waals surface area contributed by atoms with Gasteiger partial charge in [-0.25, -0.2) is 12.8 Å². The summed E-state index contributed by atoms with van der Waals surface area (Å²) in [5, 5.41) is 9.02. The summed E-state index contributed by atoms with van der Waals surface area (Å²) in [6.07, 6.45) is -3.25. The number of benzene rings is 3. The van der Waals surface area contributed by atoms with E-state index in [1.54, 1.807) is 6.07 Å². The Balaban J connectivity index is 1.75. The van der Waals surface area contributed by atoms with Crippen molar-refractivity contribution in [2.45, 2.75) is 43.5 Å². The zero-order valence-corrected chi connectivity index (χ0v) is 23.1. The van der Waals surface area contributed by atoms with Crippen molar-refractivity contribution in [1.82, 2.24) is 4.90 Å². The number of nitrogens with zero attached hydrogens (tertiary/aromatic N) is 1. The number of alkyl halides is 3. The van der Waals surface area contributed by atoms with E-state index >= 15 is 0 Å². The lowest BCUT2D eigenvalue weighted by Gasteiger charge is -2.27. The monoisotopic (exact) mass is 587 g/mol. The molecule has 0 saturated heterocycles. The van der Waals surface area contributed by atoms with E-state index in [-0.39, 0.29) is 40.3 Å². The van der Waals surface area contributed by atoms with Gasteiger partial charge in [0.1, 0.15) is 11.6 Å². The van der Waals surface area contributed by atoms with Gasteiger partial charge in [-0.05, 0) is 35.6 Å². The first-order valence-corrected chi connectivity index (χ1v) is 14.5. The topological polar surface area (TPSA) is 66.8 Å². The van der Waals surface area contributed by atoms with E-state index < -0.39 is 34.0 Å². The van der Waals surface area contributed by atoms with Crippen LogP contribution in [-0.4, -0.2) is 44.4 Å². The van der Waals surface area contributed by atoms with Gasteiger partial charge in [-0.15, -0.1) is 0 Å². The number of aliphatic hydroxyl groups is 1. The van der Waals surface area contributed by atoms with Crippen molar-refractivity contribution >= 4 is 21.4 Å².